The molecule has 0 amide bonds. The Morgan fingerprint density at radius 2 is 2.00 bits per heavy atom. The molecule has 0 radical (unpaired) electrons. The number of rotatable bonds is 5. The second kappa shape index (κ2) is 5.68. The summed E-state index contributed by atoms with van der Waals surface area (Å²) in [5.74, 6) is 0.836. The molecule has 3 rings (SSSR count). The minimum Gasteiger partial charge on any atom is -0.376 e. The Hall–Kier alpha value is -1.12. The summed E-state index contributed by atoms with van der Waals surface area (Å²) >= 11 is 0. The first-order valence-electron chi connectivity index (χ1n) is 7.00. The zero-order valence-corrected chi connectivity index (χ0v) is 10.7. The van der Waals surface area contributed by atoms with Crippen LogP contribution in [0.1, 0.15) is 24.8 Å². The van der Waals surface area contributed by atoms with Gasteiger partial charge in [-0.15, -0.1) is 0 Å². The van der Waals surface area contributed by atoms with Crippen molar-refractivity contribution in [3.8, 4) is 0 Å². The van der Waals surface area contributed by atoms with Crippen LogP contribution in [0.15, 0.2) is 36.4 Å². The molecule has 1 aromatic carbocycles. The van der Waals surface area contributed by atoms with Gasteiger partial charge in [-0.2, -0.15) is 0 Å². The van der Waals surface area contributed by atoms with Crippen molar-refractivity contribution in [1.29, 1.82) is 0 Å². The SMILES string of the molecule is C(=C\c1ccccc1)/CNC1CCOC1C1CC1. The first kappa shape index (κ1) is 11.9. The minimum atomic E-state index is 0.482. The van der Waals surface area contributed by atoms with Gasteiger partial charge in [0.15, 0.2) is 0 Å². The standard InChI is InChI=1S/C16H21NO/c1-2-5-13(6-3-1)7-4-11-17-15-10-12-18-16(15)14-8-9-14/h1-7,14-17H,8-12H2/b7-4+. The van der Waals surface area contributed by atoms with Crippen molar-refractivity contribution >= 4 is 6.08 Å². The lowest BCUT2D eigenvalue weighted by Crippen LogP contribution is -2.37. The summed E-state index contributed by atoms with van der Waals surface area (Å²) in [4.78, 5) is 0. The molecule has 2 fully saturated rings. The molecule has 1 aliphatic carbocycles. The third-order valence-electron chi connectivity index (χ3n) is 3.83. The van der Waals surface area contributed by atoms with Crippen molar-refractivity contribution in [3.63, 3.8) is 0 Å². The van der Waals surface area contributed by atoms with Gasteiger partial charge in [0.1, 0.15) is 0 Å². The summed E-state index contributed by atoms with van der Waals surface area (Å²) in [7, 11) is 0. The Kier molecular flexibility index (Phi) is 3.77. The Balaban J connectivity index is 1.45. The van der Waals surface area contributed by atoms with Gasteiger partial charge in [0.05, 0.1) is 6.10 Å². The molecule has 2 aliphatic rings. The predicted octanol–water partition coefficient (Wildman–Crippen LogP) is 2.86. The van der Waals surface area contributed by atoms with Crippen LogP contribution in [0.2, 0.25) is 0 Å². The second-order valence-corrected chi connectivity index (χ2v) is 5.29. The fraction of sp³-hybridized carbons (Fsp3) is 0.500. The van der Waals surface area contributed by atoms with E-state index in [-0.39, 0.29) is 0 Å². The number of ether oxygens (including phenoxy) is 1. The molecule has 2 heteroatoms. The molecule has 2 nitrogen and oxygen atoms in total. The molecule has 2 unspecified atom stereocenters. The number of hydrogen-bond donors (Lipinski definition) is 1. The van der Waals surface area contributed by atoms with E-state index in [4.69, 9.17) is 4.74 Å². The Bertz CT molecular complexity index is 397. The molecule has 96 valence electrons. The number of nitrogens with one attached hydrogen (secondary N) is 1. The maximum Gasteiger partial charge on any atom is 0.0757 e. The van der Waals surface area contributed by atoms with Gasteiger partial charge >= 0.3 is 0 Å². The zero-order valence-electron chi connectivity index (χ0n) is 10.7. The van der Waals surface area contributed by atoms with E-state index < -0.39 is 0 Å². The highest BCUT2D eigenvalue weighted by Crippen LogP contribution is 2.38. The second-order valence-electron chi connectivity index (χ2n) is 5.29. The third-order valence-corrected chi connectivity index (χ3v) is 3.83. The average molecular weight is 243 g/mol. The molecule has 1 aromatic rings. The van der Waals surface area contributed by atoms with Crippen LogP contribution >= 0.6 is 0 Å². The van der Waals surface area contributed by atoms with E-state index in [2.05, 4.69) is 41.7 Å². The van der Waals surface area contributed by atoms with Crippen LogP contribution in [-0.2, 0) is 4.74 Å². The van der Waals surface area contributed by atoms with Gasteiger partial charge in [-0.1, -0.05) is 42.5 Å². The van der Waals surface area contributed by atoms with Gasteiger partial charge < -0.3 is 10.1 Å². The molecule has 1 heterocycles. The summed E-state index contributed by atoms with van der Waals surface area (Å²) < 4.78 is 5.82. The van der Waals surface area contributed by atoms with Gasteiger partial charge in [-0.3, -0.25) is 0 Å². The predicted molar refractivity (Wildman–Crippen MR) is 74.3 cm³/mol. The quantitative estimate of drug-likeness (QED) is 0.858. The van der Waals surface area contributed by atoms with E-state index in [0.29, 0.717) is 12.1 Å². The maximum atomic E-state index is 5.82. The van der Waals surface area contributed by atoms with Crippen LogP contribution < -0.4 is 5.32 Å². The van der Waals surface area contributed by atoms with Crippen molar-refractivity contribution in [2.24, 2.45) is 5.92 Å². The summed E-state index contributed by atoms with van der Waals surface area (Å²) in [6.07, 6.45) is 8.76. The lowest BCUT2D eigenvalue weighted by molar-refractivity contribution is 0.0818. The van der Waals surface area contributed by atoms with Crippen molar-refractivity contribution in [3.05, 3.63) is 42.0 Å². The summed E-state index contributed by atoms with van der Waals surface area (Å²) in [5.41, 5.74) is 1.26. The molecule has 1 aliphatic heterocycles. The minimum absolute atomic E-state index is 0.482. The van der Waals surface area contributed by atoms with E-state index in [1.807, 2.05) is 6.07 Å². The topological polar surface area (TPSA) is 21.3 Å². The third kappa shape index (κ3) is 3.01. The maximum absolute atomic E-state index is 5.82. The molecule has 18 heavy (non-hydrogen) atoms. The Labute approximate surface area is 109 Å². The molecule has 2 atom stereocenters. The van der Waals surface area contributed by atoms with Crippen LogP contribution in [0, 0.1) is 5.92 Å². The van der Waals surface area contributed by atoms with Gasteiger partial charge in [-0.25, -0.2) is 0 Å². The highest BCUT2D eigenvalue weighted by Gasteiger charge is 2.40. The van der Waals surface area contributed by atoms with Gasteiger partial charge in [0.2, 0.25) is 0 Å². The van der Waals surface area contributed by atoms with Crippen molar-refractivity contribution in [2.45, 2.75) is 31.4 Å². The smallest absolute Gasteiger partial charge is 0.0757 e. The molecular weight excluding hydrogens is 222 g/mol. The first-order valence-corrected chi connectivity index (χ1v) is 7.00. The Morgan fingerprint density at radius 3 is 2.78 bits per heavy atom. The number of benzene rings is 1. The van der Waals surface area contributed by atoms with Crippen molar-refractivity contribution < 1.29 is 4.74 Å². The summed E-state index contributed by atoms with van der Waals surface area (Å²) in [6, 6.07) is 11.0. The van der Waals surface area contributed by atoms with Crippen LogP contribution in [-0.4, -0.2) is 25.3 Å². The molecule has 1 N–H and O–H groups in total. The molecule has 0 aromatic heterocycles. The lowest BCUT2D eigenvalue weighted by atomic mass is 10.1. The van der Waals surface area contributed by atoms with E-state index >= 15 is 0 Å². The van der Waals surface area contributed by atoms with E-state index in [1.165, 1.54) is 24.8 Å². The van der Waals surface area contributed by atoms with E-state index in [0.717, 1.165) is 19.1 Å². The summed E-state index contributed by atoms with van der Waals surface area (Å²) in [5, 5.41) is 3.61. The fourth-order valence-corrected chi connectivity index (χ4v) is 2.70. The highest BCUT2D eigenvalue weighted by atomic mass is 16.5. The fourth-order valence-electron chi connectivity index (χ4n) is 2.70. The van der Waals surface area contributed by atoms with Gasteiger partial charge in [0, 0.05) is 19.2 Å². The molecule has 0 spiro atoms. The molecule has 1 saturated heterocycles. The largest absolute Gasteiger partial charge is 0.376 e. The molecule has 0 bridgehead atoms. The van der Waals surface area contributed by atoms with Crippen molar-refractivity contribution in [2.75, 3.05) is 13.2 Å². The Morgan fingerprint density at radius 1 is 1.17 bits per heavy atom. The van der Waals surface area contributed by atoms with Crippen LogP contribution in [0.4, 0.5) is 0 Å². The highest BCUT2D eigenvalue weighted by molar-refractivity contribution is 5.48. The molecule has 1 saturated carbocycles. The first-order chi connectivity index (χ1) is 8.93. The van der Waals surface area contributed by atoms with Gasteiger partial charge in [0.25, 0.3) is 0 Å². The lowest BCUT2D eigenvalue weighted by Gasteiger charge is -2.18. The van der Waals surface area contributed by atoms with E-state index in [9.17, 15) is 0 Å². The van der Waals surface area contributed by atoms with Crippen LogP contribution in [0.5, 0.6) is 0 Å². The zero-order chi connectivity index (χ0) is 12.2. The van der Waals surface area contributed by atoms with E-state index in [1.54, 1.807) is 0 Å². The van der Waals surface area contributed by atoms with Crippen LogP contribution in [0.25, 0.3) is 6.08 Å². The average Bonchev–Trinajstić information content (AvgIpc) is 3.16. The number of hydrogen-bond acceptors (Lipinski definition) is 2. The molecular formula is C16H21NO. The summed E-state index contributed by atoms with van der Waals surface area (Å²) in [6.45, 7) is 1.87. The van der Waals surface area contributed by atoms with Crippen molar-refractivity contribution in [1.82, 2.24) is 5.32 Å². The normalized spacial score (nSPS) is 28.0. The van der Waals surface area contributed by atoms with Crippen LogP contribution in [0.3, 0.4) is 0 Å². The monoisotopic (exact) mass is 243 g/mol. The van der Waals surface area contributed by atoms with Gasteiger partial charge in [-0.05, 0) is 30.7 Å².